The number of likely N-dealkylation sites (tertiary alicyclic amines) is 1. The Morgan fingerprint density at radius 3 is 2.26 bits per heavy atom. The van der Waals surface area contributed by atoms with Crippen LogP contribution >= 0.6 is 0 Å². The van der Waals surface area contributed by atoms with Crippen LogP contribution in [0.15, 0.2) is 0 Å². The van der Waals surface area contributed by atoms with Gasteiger partial charge in [0.05, 0.1) is 0 Å². The van der Waals surface area contributed by atoms with Crippen LogP contribution in [0.25, 0.3) is 0 Å². The van der Waals surface area contributed by atoms with Gasteiger partial charge < -0.3 is 19.7 Å². The summed E-state index contributed by atoms with van der Waals surface area (Å²) in [7, 11) is 0. The molecule has 0 saturated carbocycles. The van der Waals surface area contributed by atoms with Crippen molar-refractivity contribution >= 4 is 18.0 Å². The van der Waals surface area contributed by atoms with Crippen LogP contribution in [-0.4, -0.2) is 53.2 Å². The molecule has 2 amide bonds. The number of ether oxygens (including phenoxy) is 2. The second-order valence-electron chi connectivity index (χ2n) is 9.06. The molecule has 1 saturated heterocycles. The van der Waals surface area contributed by atoms with Crippen molar-refractivity contribution in [2.75, 3.05) is 13.1 Å². The molecule has 1 aliphatic heterocycles. The molecule has 0 aromatic carbocycles. The minimum atomic E-state index is -0.598. The first-order chi connectivity index (χ1) is 12.4. The number of alkyl carbamates (subject to hydrolysis) is 1. The van der Waals surface area contributed by atoms with E-state index in [0.29, 0.717) is 32.4 Å². The van der Waals surface area contributed by atoms with E-state index in [1.165, 1.54) is 0 Å². The normalized spacial score (nSPS) is 18.7. The van der Waals surface area contributed by atoms with Crippen molar-refractivity contribution in [3.8, 4) is 0 Å². The van der Waals surface area contributed by atoms with Gasteiger partial charge in [-0.15, -0.1) is 0 Å². The highest BCUT2D eigenvalue weighted by molar-refractivity contribution is 5.86. The molecule has 7 heteroatoms. The van der Waals surface area contributed by atoms with Crippen molar-refractivity contribution in [3.05, 3.63) is 0 Å². The molecule has 27 heavy (non-hydrogen) atoms. The highest BCUT2D eigenvalue weighted by Crippen LogP contribution is 2.15. The first-order valence-corrected chi connectivity index (χ1v) is 9.87. The van der Waals surface area contributed by atoms with E-state index in [0.717, 1.165) is 19.3 Å². The van der Waals surface area contributed by atoms with E-state index in [9.17, 15) is 14.4 Å². The molecule has 0 aromatic rings. The number of hydrogen-bond donors (Lipinski definition) is 1. The van der Waals surface area contributed by atoms with E-state index in [2.05, 4.69) is 5.32 Å². The van der Waals surface area contributed by atoms with E-state index >= 15 is 0 Å². The maximum Gasteiger partial charge on any atom is 0.408 e. The van der Waals surface area contributed by atoms with Gasteiger partial charge in [0, 0.05) is 19.5 Å². The Bertz CT molecular complexity index is 519. The summed E-state index contributed by atoms with van der Waals surface area (Å²) in [6.07, 6.45) is 3.58. The summed E-state index contributed by atoms with van der Waals surface area (Å²) in [4.78, 5) is 38.2. The highest BCUT2D eigenvalue weighted by Gasteiger charge is 2.29. The molecular formula is C20H36N2O5. The van der Waals surface area contributed by atoms with E-state index in [4.69, 9.17) is 9.47 Å². The zero-order chi connectivity index (χ0) is 20.7. The van der Waals surface area contributed by atoms with Crippen LogP contribution in [0, 0.1) is 0 Å². The standard InChI is InChI=1S/C20H36N2O5/c1-19(2,3)26-16(23)12-8-10-14-22-13-9-7-11-15(17(22)24)21-18(25)27-20(4,5)6/h15H,7-14H2,1-6H3,(H,21,25)/t15-/m0/s1. The quantitative estimate of drug-likeness (QED) is 0.560. The Morgan fingerprint density at radius 2 is 1.67 bits per heavy atom. The molecule has 1 atom stereocenters. The number of nitrogens with zero attached hydrogens (tertiary/aromatic N) is 1. The third-order valence-electron chi connectivity index (χ3n) is 3.95. The van der Waals surface area contributed by atoms with Crippen LogP contribution in [0.2, 0.25) is 0 Å². The van der Waals surface area contributed by atoms with Crippen molar-refractivity contribution in [2.45, 2.75) is 97.3 Å². The summed E-state index contributed by atoms with van der Waals surface area (Å²) in [5.74, 6) is -0.287. The molecule has 0 radical (unpaired) electrons. The molecule has 0 bridgehead atoms. The van der Waals surface area contributed by atoms with Crippen LogP contribution in [0.1, 0.15) is 80.1 Å². The smallest absolute Gasteiger partial charge is 0.408 e. The van der Waals surface area contributed by atoms with E-state index in [1.807, 2.05) is 20.8 Å². The monoisotopic (exact) mass is 384 g/mol. The van der Waals surface area contributed by atoms with Crippen molar-refractivity contribution in [1.29, 1.82) is 0 Å². The molecule has 0 aromatic heterocycles. The second kappa shape index (κ2) is 9.95. The lowest BCUT2D eigenvalue weighted by Crippen LogP contribution is -2.48. The van der Waals surface area contributed by atoms with Crippen molar-refractivity contribution in [1.82, 2.24) is 10.2 Å². The Labute approximate surface area is 163 Å². The van der Waals surface area contributed by atoms with E-state index < -0.39 is 23.3 Å². The number of amides is 2. The number of esters is 1. The number of nitrogens with one attached hydrogen (secondary N) is 1. The van der Waals surface area contributed by atoms with Crippen LogP contribution in [0.3, 0.4) is 0 Å². The molecule has 0 spiro atoms. The van der Waals surface area contributed by atoms with Crippen LogP contribution in [0.4, 0.5) is 4.79 Å². The summed E-state index contributed by atoms with van der Waals surface area (Å²) < 4.78 is 10.5. The minimum absolute atomic E-state index is 0.0735. The molecule has 0 aliphatic carbocycles. The predicted molar refractivity (Wildman–Crippen MR) is 103 cm³/mol. The van der Waals surface area contributed by atoms with Crippen molar-refractivity contribution < 1.29 is 23.9 Å². The number of unbranched alkanes of at least 4 members (excludes halogenated alkanes) is 1. The Balaban J connectivity index is 2.45. The molecular weight excluding hydrogens is 348 g/mol. The Kier molecular flexibility index (Phi) is 8.57. The number of hydrogen-bond acceptors (Lipinski definition) is 5. The maximum absolute atomic E-state index is 12.7. The van der Waals surface area contributed by atoms with E-state index in [1.54, 1.807) is 25.7 Å². The topological polar surface area (TPSA) is 84.9 Å². The average molecular weight is 385 g/mol. The summed E-state index contributed by atoms with van der Waals surface area (Å²) >= 11 is 0. The average Bonchev–Trinajstić information content (AvgIpc) is 2.63. The number of carbonyl (C=O) groups is 3. The lowest BCUT2D eigenvalue weighted by atomic mass is 10.1. The molecule has 156 valence electrons. The summed E-state index contributed by atoms with van der Waals surface area (Å²) in [6.45, 7) is 12.2. The predicted octanol–water partition coefficient (Wildman–Crippen LogP) is 3.40. The lowest BCUT2D eigenvalue weighted by molar-refractivity contribution is -0.154. The fourth-order valence-electron chi connectivity index (χ4n) is 2.88. The zero-order valence-corrected chi connectivity index (χ0v) is 17.7. The van der Waals surface area contributed by atoms with Crippen molar-refractivity contribution in [3.63, 3.8) is 0 Å². The first kappa shape index (κ1) is 23.2. The largest absolute Gasteiger partial charge is 0.460 e. The molecule has 1 N–H and O–H groups in total. The van der Waals surface area contributed by atoms with Gasteiger partial charge in [-0.2, -0.15) is 0 Å². The van der Waals surface area contributed by atoms with Crippen LogP contribution < -0.4 is 5.32 Å². The molecule has 7 nitrogen and oxygen atoms in total. The van der Waals surface area contributed by atoms with Gasteiger partial charge in [-0.25, -0.2) is 4.79 Å². The minimum Gasteiger partial charge on any atom is -0.460 e. The maximum atomic E-state index is 12.7. The molecule has 0 unspecified atom stereocenters. The second-order valence-corrected chi connectivity index (χ2v) is 9.06. The van der Waals surface area contributed by atoms with Gasteiger partial charge in [-0.3, -0.25) is 9.59 Å². The number of rotatable bonds is 6. The zero-order valence-electron chi connectivity index (χ0n) is 17.7. The summed E-state index contributed by atoms with van der Waals surface area (Å²) in [6, 6.07) is -0.548. The van der Waals surface area contributed by atoms with Crippen LogP contribution in [-0.2, 0) is 19.1 Å². The van der Waals surface area contributed by atoms with Gasteiger partial charge in [-0.1, -0.05) is 0 Å². The van der Waals surface area contributed by atoms with Gasteiger partial charge in [0.25, 0.3) is 0 Å². The number of carbonyl (C=O) groups excluding carboxylic acids is 3. The van der Waals surface area contributed by atoms with Crippen LogP contribution in [0.5, 0.6) is 0 Å². The molecule has 1 heterocycles. The SMILES string of the molecule is CC(C)(C)OC(=O)CCCCN1CCCC[C@H](NC(=O)OC(C)(C)C)C1=O. The third-order valence-corrected chi connectivity index (χ3v) is 3.95. The molecule has 1 rings (SSSR count). The summed E-state index contributed by atoms with van der Waals surface area (Å²) in [5, 5.41) is 2.70. The Hall–Kier alpha value is -1.79. The third kappa shape index (κ3) is 10.2. The fourth-order valence-corrected chi connectivity index (χ4v) is 2.88. The fraction of sp³-hybridized carbons (Fsp3) is 0.850. The summed E-state index contributed by atoms with van der Waals surface area (Å²) in [5.41, 5.74) is -1.07. The molecule has 1 aliphatic rings. The van der Waals surface area contributed by atoms with Gasteiger partial charge in [0.15, 0.2) is 0 Å². The van der Waals surface area contributed by atoms with Gasteiger partial charge >= 0.3 is 12.1 Å². The van der Waals surface area contributed by atoms with E-state index in [-0.39, 0.29) is 11.9 Å². The molecule has 1 fully saturated rings. The lowest BCUT2D eigenvalue weighted by Gasteiger charge is -2.26. The Morgan fingerprint density at radius 1 is 1.04 bits per heavy atom. The van der Waals surface area contributed by atoms with Gasteiger partial charge in [0.1, 0.15) is 17.2 Å². The van der Waals surface area contributed by atoms with Gasteiger partial charge in [-0.05, 0) is 73.6 Å². The highest BCUT2D eigenvalue weighted by atomic mass is 16.6. The van der Waals surface area contributed by atoms with Gasteiger partial charge in [0.2, 0.25) is 5.91 Å². The first-order valence-electron chi connectivity index (χ1n) is 9.87. The van der Waals surface area contributed by atoms with Crippen molar-refractivity contribution in [2.24, 2.45) is 0 Å².